The quantitative estimate of drug-likeness (QED) is 0.791. The maximum Gasteiger partial charge on any atom is 0.118 e. The van der Waals surface area contributed by atoms with E-state index in [0.717, 1.165) is 12.2 Å². The van der Waals surface area contributed by atoms with Gasteiger partial charge in [0, 0.05) is 18.1 Å². The molecule has 3 heteroatoms. The van der Waals surface area contributed by atoms with Gasteiger partial charge >= 0.3 is 0 Å². The maximum atomic E-state index is 6.42. The van der Waals surface area contributed by atoms with Crippen molar-refractivity contribution in [1.82, 2.24) is 4.90 Å². The molecule has 0 saturated heterocycles. The molecule has 120 valence electrons. The molecule has 0 radical (unpaired) electrons. The van der Waals surface area contributed by atoms with Gasteiger partial charge in [0.05, 0.1) is 7.11 Å². The van der Waals surface area contributed by atoms with Crippen LogP contribution in [0.1, 0.15) is 52.1 Å². The molecule has 0 aromatic heterocycles. The average molecular weight is 292 g/mol. The lowest BCUT2D eigenvalue weighted by Gasteiger charge is -2.37. The fourth-order valence-electron chi connectivity index (χ4n) is 2.93. The van der Waals surface area contributed by atoms with E-state index in [-0.39, 0.29) is 12.1 Å². The van der Waals surface area contributed by atoms with Gasteiger partial charge < -0.3 is 10.5 Å². The number of benzene rings is 1. The minimum atomic E-state index is 0.137. The molecule has 0 spiro atoms. The summed E-state index contributed by atoms with van der Waals surface area (Å²) in [6.45, 7) is 8.99. The number of likely N-dealkylation sites (N-methyl/N-ethyl adjacent to an activating group) is 1. The van der Waals surface area contributed by atoms with Gasteiger partial charge in [0.25, 0.3) is 0 Å². The van der Waals surface area contributed by atoms with Gasteiger partial charge in [-0.05, 0) is 50.4 Å². The first-order chi connectivity index (χ1) is 9.90. The monoisotopic (exact) mass is 292 g/mol. The summed E-state index contributed by atoms with van der Waals surface area (Å²) in [5.74, 6) is 1.58. The van der Waals surface area contributed by atoms with Crippen molar-refractivity contribution in [2.45, 2.75) is 58.7 Å². The van der Waals surface area contributed by atoms with E-state index in [1.54, 1.807) is 7.11 Å². The summed E-state index contributed by atoms with van der Waals surface area (Å²) in [7, 11) is 3.89. The molecular formula is C18H32N2O. The third kappa shape index (κ3) is 5.01. The van der Waals surface area contributed by atoms with Crippen LogP contribution in [0.5, 0.6) is 5.75 Å². The van der Waals surface area contributed by atoms with Crippen molar-refractivity contribution in [3.8, 4) is 5.75 Å². The van der Waals surface area contributed by atoms with E-state index in [0.29, 0.717) is 12.0 Å². The van der Waals surface area contributed by atoms with E-state index in [1.165, 1.54) is 12.0 Å². The first kappa shape index (κ1) is 18.0. The first-order valence-electron chi connectivity index (χ1n) is 8.02. The largest absolute Gasteiger partial charge is 0.497 e. The summed E-state index contributed by atoms with van der Waals surface area (Å²) in [5, 5.41) is 0. The van der Waals surface area contributed by atoms with Crippen LogP contribution < -0.4 is 10.5 Å². The second-order valence-electron chi connectivity index (χ2n) is 6.43. The predicted molar refractivity (Wildman–Crippen MR) is 90.7 cm³/mol. The van der Waals surface area contributed by atoms with E-state index >= 15 is 0 Å². The van der Waals surface area contributed by atoms with Crippen molar-refractivity contribution in [1.29, 1.82) is 0 Å². The predicted octanol–water partition coefficient (Wildman–Crippen LogP) is 3.84. The third-order valence-electron chi connectivity index (χ3n) is 4.28. The third-order valence-corrected chi connectivity index (χ3v) is 4.28. The highest BCUT2D eigenvalue weighted by Crippen LogP contribution is 2.28. The molecule has 0 bridgehead atoms. The van der Waals surface area contributed by atoms with Crippen LogP contribution in [0.15, 0.2) is 24.3 Å². The van der Waals surface area contributed by atoms with Crippen LogP contribution in [0.25, 0.3) is 0 Å². The van der Waals surface area contributed by atoms with Crippen LogP contribution >= 0.6 is 0 Å². The van der Waals surface area contributed by atoms with Crippen LogP contribution in [0.2, 0.25) is 0 Å². The minimum absolute atomic E-state index is 0.137. The van der Waals surface area contributed by atoms with Gasteiger partial charge in [-0.25, -0.2) is 0 Å². The van der Waals surface area contributed by atoms with E-state index in [1.807, 2.05) is 12.1 Å². The van der Waals surface area contributed by atoms with E-state index in [2.05, 4.69) is 51.8 Å². The molecule has 1 aromatic rings. The molecule has 3 nitrogen and oxygen atoms in total. The normalized spacial score (nSPS) is 16.0. The second kappa shape index (κ2) is 8.40. The Balaban J connectivity index is 2.98. The Bertz CT molecular complexity index is 402. The summed E-state index contributed by atoms with van der Waals surface area (Å²) >= 11 is 0. The van der Waals surface area contributed by atoms with Gasteiger partial charge in [-0.2, -0.15) is 0 Å². The number of nitrogens with two attached hydrogens (primary N) is 1. The highest BCUT2D eigenvalue weighted by molar-refractivity contribution is 5.30. The number of hydrogen-bond acceptors (Lipinski definition) is 3. The van der Waals surface area contributed by atoms with Crippen LogP contribution in [0, 0.1) is 5.92 Å². The zero-order valence-electron chi connectivity index (χ0n) is 14.5. The van der Waals surface area contributed by atoms with Crippen LogP contribution in [-0.2, 0) is 0 Å². The molecule has 0 amide bonds. The number of methoxy groups -OCH3 is 1. The lowest BCUT2D eigenvalue weighted by molar-refractivity contribution is 0.142. The number of rotatable bonds is 8. The summed E-state index contributed by atoms with van der Waals surface area (Å²) in [4.78, 5) is 2.43. The Morgan fingerprint density at radius 1 is 1.14 bits per heavy atom. The van der Waals surface area contributed by atoms with Crippen molar-refractivity contribution in [3.05, 3.63) is 29.8 Å². The fourth-order valence-corrected chi connectivity index (χ4v) is 2.93. The zero-order valence-corrected chi connectivity index (χ0v) is 14.5. The molecular weight excluding hydrogens is 260 g/mol. The molecule has 21 heavy (non-hydrogen) atoms. The summed E-state index contributed by atoms with van der Waals surface area (Å²) in [6.07, 6.45) is 2.15. The van der Waals surface area contributed by atoms with Crippen molar-refractivity contribution in [2.75, 3.05) is 14.2 Å². The van der Waals surface area contributed by atoms with Gasteiger partial charge in [0.2, 0.25) is 0 Å². The first-order valence-corrected chi connectivity index (χ1v) is 8.02. The van der Waals surface area contributed by atoms with Crippen molar-refractivity contribution < 1.29 is 4.74 Å². The van der Waals surface area contributed by atoms with E-state index in [4.69, 9.17) is 10.5 Å². The Morgan fingerprint density at radius 2 is 1.71 bits per heavy atom. The van der Waals surface area contributed by atoms with Gasteiger partial charge in [-0.3, -0.25) is 4.90 Å². The zero-order chi connectivity index (χ0) is 16.0. The molecule has 3 atom stereocenters. The average Bonchev–Trinajstić information content (AvgIpc) is 2.47. The standard InChI is InChI=1S/C18H32N2O/c1-7-17(19)18(20(5)14(4)12-13(2)3)15-8-10-16(21-6)11-9-15/h8-11,13-14,17-18H,7,12,19H2,1-6H3. The molecule has 0 saturated carbocycles. The van der Waals surface area contributed by atoms with Gasteiger partial charge in [0.15, 0.2) is 0 Å². The Morgan fingerprint density at radius 3 is 2.14 bits per heavy atom. The molecule has 0 aliphatic heterocycles. The lowest BCUT2D eigenvalue weighted by atomic mass is 9.93. The van der Waals surface area contributed by atoms with Gasteiger partial charge in [-0.1, -0.05) is 32.9 Å². The van der Waals surface area contributed by atoms with Gasteiger partial charge in [0.1, 0.15) is 5.75 Å². The summed E-state index contributed by atoms with van der Waals surface area (Å²) in [5.41, 5.74) is 7.68. The van der Waals surface area contributed by atoms with Crippen molar-refractivity contribution in [2.24, 2.45) is 11.7 Å². The fraction of sp³-hybridized carbons (Fsp3) is 0.667. The maximum absolute atomic E-state index is 6.42. The summed E-state index contributed by atoms with van der Waals surface area (Å²) < 4.78 is 5.25. The topological polar surface area (TPSA) is 38.5 Å². The molecule has 3 unspecified atom stereocenters. The van der Waals surface area contributed by atoms with E-state index in [9.17, 15) is 0 Å². The van der Waals surface area contributed by atoms with Gasteiger partial charge in [-0.15, -0.1) is 0 Å². The van der Waals surface area contributed by atoms with E-state index < -0.39 is 0 Å². The Kier molecular flexibility index (Phi) is 7.20. The molecule has 1 aromatic carbocycles. The van der Waals surface area contributed by atoms with Crippen LogP contribution in [0.3, 0.4) is 0 Å². The Labute approximate surface area is 130 Å². The molecule has 2 N–H and O–H groups in total. The second-order valence-corrected chi connectivity index (χ2v) is 6.43. The number of hydrogen-bond donors (Lipinski definition) is 1. The number of ether oxygens (including phenoxy) is 1. The summed E-state index contributed by atoms with van der Waals surface area (Å²) in [6, 6.07) is 9.20. The molecule has 0 aliphatic rings. The number of nitrogens with zero attached hydrogens (tertiary/aromatic N) is 1. The smallest absolute Gasteiger partial charge is 0.118 e. The van der Waals surface area contributed by atoms with Crippen LogP contribution in [-0.4, -0.2) is 31.1 Å². The SMILES string of the molecule is CCC(N)C(c1ccc(OC)cc1)N(C)C(C)CC(C)C. The van der Waals surface area contributed by atoms with Crippen LogP contribution in [0.4, 0.5) is 0 Å². The van der Waals surface area contributed by atoms with Crippen molar-refractivity contribution in [3.63, 3.8) is 0 Å². The molecule has 0 heterocycles. The Hall–Kier alpha value is -1.06. The highest BCUT2D eigenvalue weighted by atomic mass is 16.5. The minimum Gasteiger partial charge on any atom is -0.497 e. The lowest BCUT2D eigenvalue weighted by Crippen LogP contribution is -2.43. The molecule has 0 aliphatic carbocycles. The highest BCUT2D eigenvalue weighted by Gasteiger charge is 2.26. The van der Waals surface area contributed by atoms with Crippen molar-refractivity contribution >= 4 is 0 Å². The molecule has 0 fully saturated rings. The molecule has 1 rings (SSSR count).